The van der Waals surface area contributed by atoms with E-state index in [-0.39, 0.29) is 17.2 Å². The zero-order valence-electron chi connectivity index (χ0n) is 16.0. The number of carbonyl (C=O) groups excluding carboxylic acids is 1. The maximum Gasteiger partial charge on any atom is 0.274 e. The van der Waals surface area contributed by atoms with Crippen molar-refractivity contribution in [1.29, 1.82) is 0 Å². The fraction of sp³-hybridized carbons (Fsp3) is 0.190. The summed E-state index contributed by atoms with van der Waals surface area (Å²) in [5, 5.41) is 5.23. The number of aromatic nitrogens is 4. The van der Waals surface area contributed by atoms with Crippen molar-refractivity contribution in [3.63, 3.8) is 0 Å². The zero-order chi connectivity index (χ0) is 20.5. The maximum atomic E-state index is 13.0. The number of para-hydroxylation sites is 1. The minimum Gasteiger partial charge on any atom is -0.344 e. The van der Waals surface area contributed by atoms with Gasteiger partial charge in [0.1, 0.15) is 16.0 Å². The van der Waals surface area contributed by atoms with Gasteiger partial charge in [-0.3, -0.25) is 9.59 Å². The molecule has 4 aromatic rings. The lowest BCUT2D eigenvalue weighted by Crippen LogP contribution is -2.49. The predicted octanol–water partition coefficient (Wildman–Crippen LogP) is 2.20. The van der Waals surface area contributed by atoms with Crippen molar-refractivity contribution < 1.29 is 4.79 Å². The lowest BCUT2D eigenvalue weighted by Gasteiger charge is -2.34. The summed E-state index contributed by atoms with van der Waals surface area (Å²) in [5.74, 6) is -0.176. The molecule has 0 spiro atoms. The first-order valence-corrected chi connectivity index (χ1v) is 10.4. The van der Waals surface area contributed by atoms with Crippen molar-refractivity contribution in [3.8, 4) is 5.69 Å². The van der Waals surface area contributed by atoms with E-state index in [2.05, 4.69) is 20.0 Å². The Balaban J connectivity index is 1.32. The van der Waals surface area contributed by atoms with Crippen LogP contribution in [0.1, 0.15) is 10.5 Å². The number of benzene rings is 1. The molecule has 1 aliphatic heterocycles. The Hall–Kier alpha value is -3.59. The Bertz CT molecular complexity index is 1230. The van der Waals surface area contributed by atoms with E-state index >= 15 is 0 Å². The predicted molar refractivity (Wildman–Crippen MR) is 115 cm³/mol. The van der Waals surface area contributed by atoms with Gasteiger partial charge in [-0.25, -0.2) is 9.97 Å². The molecule has 0 atom stereocenters. The average Bonchev–Trinajstić information content (AvgIpc) is 3.24. The number of anilines is 1. The van der Waals surface area contributed by atoms with E-state index in [9.17, 15) is 9.59 Å². The maximum absolute atomic E-state index is 13.0. The van der Waals surface area contributed by atoms with Gasteiger partial charge in [0, 0.05) is 38.4 Å². The van der Waals surface area contributed by atoms with Gasteiger partial charge in [-0.1, -0.05) is 29.5 Å². The van der Waals surface area contributed by atoms with Gasteiger partial charge in [0.15, 0.2) is 5.13 Å². The molecule has 1 aromatic carbocycles. The molecule has 4 heterocycles. The van der Waals surface area contributed by atoms with E-state index in [1.807, 2.05) is 30.3 Å². The SMILES string of the molecule is O=C(c1ccc(=O)n(-c2ccccc2)n1)N1CCN(c2nc3cccnc3s2)CC1. The van der Waals surface area contributed by atoms with Gasteiger partial charge < -0.3 is 9.80 Å². The van der Waals surface area contributed by atoms with Gasteiger partial charge in [-0.2, -0.15) is 9.78 Å². The van der Waals surface area contributed by atoms with Crippen LogP contribution < -0.4 is 10.5 Å². The molecule has 5 rings (SSSR count). The number of carbonyl (C=O) groups is 1. The Kier molecular flexibility index (Phi) is 4.72. The summed E-state index contributed by atoms with van der Waals surface area (Å²) in [7, 11) is 0. The standard InChI is InChI=1S/C21H18N6O2S/c28-18-9-8-17(24-27(18)15-5-2-1-3-6-15)20(29)25-11-13-26(14-12-25)21-23-16-7-4-10-22-19(16)30-21/h1-10H,11-14H2. The number of amides is 1. The molecule has 1 fully saturated rings. The van der Waals surface area contributed by atoms with E-state index in [4.69, 9.17) is 0 Å². The van der Waals surface area contributed by atoms with Gasteiger partial charge in [0.05, 0.1) is 5.69 Å². The first-order chi connectivity index (χ1) is 14.7. The highest BCUT2D eigenvalue weighted by atomic mass is 32.1. The molecule has 8 nitrogen and oxygen atoms in total. The number of hydrogen-bond donors (Lipinski definition) is 0. The zero-order valence-corrected chi connectivity index (χ0v) is 16.8. The van der Waals surface area contributed by atoms with Crippen LogP contribution in [0.2, 0.25) is 0 Å². The lowest BCUT2D eigenvalue weighted by atomic mass is 10.2. The molecule has 0 bridgehead atoms. The molecule has 30 heavy (non-hydrogen) atoms. The number of piperazine rings is 1. The second-order valence-electron chi connectivity index (χ2n) is 6.91. The minimum atomic E-state index is -0.271. The lowest BCUT2D eigenvalue weighted by molar-refractivity contribution is 0.0738. The van der Waals surface area contributed by atoms with Crippen molar-refractivity contribution in [2.24, 2.45) is 0 Å². The molecule has 9 heteroatoms. The number of rotatable bonds is 3. The molecule has 0 unspecified atom stereocenters. The van der Waals surface area contributed by atoms with Gasteiger partial charge in [-0.05, 0) is 30.3 Å². The van der Waals surface area contributed by atoms with Crippen LogP contribution in [0.25, 0.3) is 16.0 Å². The monoisotopic (exact) mass is 418 g/mol. The van der Waals surface area contributed by atoms with Gasteiger partial charge in [0.2, 0.25) is 0 Å². The second-order valence-corrected chi connectivity index (χ2v) is 7.86. The molecule has 1 aliphatic rings. The van der Waals surface area contributed by atoms with Crippen LogP contribution in [-0.4, -0.2) is 56.7 Å². The quantitative estimate of drug-likeness (QED) is 0.507. The Morgan fingerprint density at radius 1 is 0.933 bits per heavy atom. The van der Waals surface area contributed by atoms with E-state index in [0.29, 0.717) is 31.9 Å². The normalized spacial score (nSPS) is 14.3. The molecular weight excluding hydrogens is 400 g/mol. The highest BCUT2D eigenvalue weighted by Crippen LogP contribution is 2.27. The van der Waals surface area contributed by atoms with Crippen LogP contribution in [0, 0.1) is 0 Å². The van der Waals surface area contributed by atoms with Crippen molar-refractivity contribution in [2.45, 2.75) is 0 Å². The summed E-state index contributed by atoms with van der Waals surface area (Å²) in [6.07, 6.45) is 1.77. The molecule has 150 valence electrons. The number of fused-ring (bicyclic) bond motifs is 1. The van der Waals surface area contributed by atoms with Gasteiger partial charge in [0.25, 0.3) is 11.5 Å². The largest absolute Gasteiger partial charge is 0.344 e. The summed E-state index contributed by atoms with van der Waals surface area (Å²) in [6, 6.07) is 15.8. The summed E-state index contributed by atoms with van der Waals surface area (Å²) in [4.78, 5) is 39.0. The van der Waals surface area contributed by atoms with Crippen molar-refractivity contribution in [2.75, 3.05) is 31.1 Å². The molecule has 0 N–H and O–H groups in total. The van der Waals surface area contributed by atoms with Crippen molar-refractivity contribution >= 4 is 32.7 Å². The molecular formula is C21H18N6O2S. The fourth-order valence-electron chi connectivity index (χ4n) is 3.44. The Morgan fingerprint density at radius 2 is 1.73 bits per heavy atom. The Labute approximate surface area is 176 Å². The third-order valence-electron chi connectivity index (χ3n) is 5.01. The van der Waals surface area contributed by atoms with Crippen LogP contribution in [0.15, 0.2) is 65.6 Å². The van der Waals surface area contributed by atoms with Crippen LogP contribution in [0.4, 0.5) is 5.13 Å². The number of nitrogens with zero attached hydrogens (tertiary/aromatic N) is 6. The van der Waals surface area contributed by atoms with Crippen LogP contribution in [0.5, 0.6) is 0 Å². The minimum absolute atomic E-state index is 0.176. The molecule has 1 saturated heterocycles. The van der Waals surface area contributed by atoms with E-state index < -0.39 is 0 Å². The van der Waals surface area contributed by atoms with Crippen LogP contribution in [0.3, 0.4) is 0 Å². The topological polar surface area (TPSA) is 84.2 Å². The van der Waals surface area contributed by atoms with Gasteiger partial charge in [-0.15, -0.1) is 0 Å². The molecule has 1 amide bonds. The summed E-state index contributed by atoms with van der Waals surface area (Å²) in [5.41, 5.74) is 1.51. The molecule has 0 radical (unpaired) electrons. The number of thiazole rings is 1. The molecule has 3 aromatic heterocycles. The second kappa shape index (κ2) is 7.68. The third-order valence-corrected chi connectivity index (χ3v) is 6.05. The van der Waals surface area contributed by atoms with Crippen LogP contribution >= 0.6 is 11.3 Å². The average molecular weight is 418 g/mol. The summed E-state index contributed by atoms with van der Waals surface area (Å²) < 4.78 is 1.26. The van der Waals surface area contributed by atoms with E-state index in [0.717, 1.165) is 15.5 Å². The smallest absolute Gasteiger partial charge is 0.274 e. The summed E-state index contributed by atoms with van der Waals surface area (Å²) in [6.45, 7) is 2.50. The highest BCUT2D eigenvalue weighted by Gasteiger charge is 2.25. The van der Waals surface area contributed by atoms with Crippen molar-refractivity contribution in [3.05, 3.63) is 76.8 Å². The fourth-order valence-corrected chi connectivity index (χ4v) is 4.40. The van der Waals surface area contributed by atoms with Gasteiger partial charge >= 0.3 is 0 Å². The van der Waals surface area contributed by atoms with E-state index in [1.165, 1.54) is 16.8 Å². The third kappa shape index (κ3) is 3.43. The first kappa shape index (κ1) is 18.4. The van der Waals surface area contributed by atoms with Crippen LogP contribution in [-0.2, 0) is 0 Å². The Morgan fingerprint density at radius 3 is 2.50 bits per heavy atom. The number of hydrogen-bond acceptors (Lipinski definition) is 7. The highest BCUT2D eigenvalue weighted by molar-refractivity contribution is 7.21. The molecule has 0 saturated carbocycles. The van der Waals surface area contributed by atoms with Crippen molar-refractivity contribution in [1.82, 2.24) is 24.6 Å². The first-order valence-electron chi connectivity index (χ1n) is 9.61. The number of pyridine rings is 1. The summed E-state index contributed by atoms with van der Waals surface area (Å²) >= 11 is 1.56. The van der Waals surface area contributed by atoms with E-state index in [1.54, 1.807) is 34.6 Å². The molecule has 0 aliphatic carbocycles.